The number of halogens is 3. The maximum Gasteiger partial charge on any atom is 4.00 e. The molecular formula is C36H61Cl3SiTi. The molecule has 1 aliphatic rings. The SMILES string of the molecule is CCCCCCCCCCCCCCCCCC[Si](C)(c1cc(C)cc(C)c1)C1(C)[C-]=C(C)C(C)=C1C.[Cl-].[Cl-].[Cl-].[Ti+4]. The van der Waals surface area contributed by atoms with Crippen LogP contribution in [0.5, 0.6) is 0 Å². The van der Waals surface area contributed by atoms with Crippen LogP contribution in [0.15, 0.2) is 34.9 Å². The molecule has 0 N–H and O–H groups in total. The van der Waals surface area contributed by atoms with Gasteiger partial charge in [-0.15, -0.1) is 6.92 Å². The minimum Gasteiger partial charge on any atom is -1.00 e. The number of hydrogen-bond acceptors (Lipinski definition) is 0. The van der Waals surface area contributed by atoms with Crippen molar-refractivity contribution in [1.82, 2.24) is 0 Å². The number of hydrogen-bond donors (Lipinski definition) is 0. The van der Waals surface area contributed by atoms with Gasteiger partial charge >= 0.3 is 21.7 Å². The predicted octanol–water partition coefficient (Wildman–Crippen LogP) is 2.72. The van der Waals surface area contributed by atoms with Crippen LogP contribution >= 0.6 is 0 Å². The molecule has 5 heteroatoms. The van der Waals surface area contributed by atoms with Crippen LogP contribution < -0.4 is 42.4 Å². The summed E-state index contributed by atoms with van der Waals surface area (Å²) in [6.07, 6.45) is 27.0. The first-order chi connectivity index (χ1) is 17.7. The standard InChI is InChI=1S/C36H61Si.3ClH.Ti/c1-9-10-11-12-13-14-15-16-17-18-19-20-21-22-23-24-25-37(8,35-27-30(2)26-31(3)28-35)36(7)29-32(4)33(5)34(36)6;;;;/h26-28H,9-25H2,1-8H3;3*1H;/q-1;;;;+4/p-3. The van der Waals surface area contributed by atoms with Crippen molar-refractivity contribution in [3.63, 3.8) is 0 Å². The zero-order valence-corrected chi connectivity index (χ0v) is 32.7. The van der Waals surface area contributed by atoms with E-state index in [1.165, 1.54) is 131 Å². The van der Waals surface area contributed by atoms with Gasteiger partial charge in [0.05, 0.1) is 8.07 Å². The van der Waals surface area contributed by atoms with Crippen LogP contribution in [0.2, 0.25) is 17.6 Å². The van der Waals surface area contributed by atoms with Crippen molar-refractivity contribution in [2.75, 3.05) is 0 Å². The first kappa shape index (κ1) is 45.9. The van der Waals surface area contributed by atoms with Gasteiger partial charge in [-0.3, -0.25) is 6.08 Å². The summed E-state index contributed by atoms with van der Waals surface area (Å²) in [5, 5.41) is 1.75. The van der Waals surface area contributed by atoms with E-state index >= 15 is 0 Å². The Kier molecular flexibility index (Phi) is 26.7. The summed E-state index contributed by atoms with van der Waals surface area (Å²) in [4.78, 5) is 0. The van der Waals surface area contributed by atoms with Gasteiger partial charge in [-0.1, -0.05) is 183 Å². The maximum atomic E-state index is 4.02. The van der Waals surface area contributed by atoms with Gasteiger partial charge in [0.2, 0.25) is 0 Å². The number of unbranched alkanes of at least 4 members (excludes halogenated alkanes) is 15. The Morgan fingerprint density at radius 3 is 1.32 bits per heavy atom. The molecule has 0 nitrogen and oxygen atoms in total. The maximum absolute atomic E-state index is 4.02. The second kappa shape index (κ2) is 23.8. The second-order valence-electron chi connectivity index (χ2n) is 12.9. The molecule has 2 unspecified atom stereocenters. The van der Waals surface area contributed by atoms with Crippen LogP contribution in [-0.2, 0) is 21.7 Å². The number of allylic oxidation sites excluding steroid dienone is 4. The summed E-state index contributed by atoms with van der Waals surface area (Å²) in [5.74, 6) is 0. The van der Waals surface area contributed by atoms with Crippen LogP contribution in [0.4, 0.5) is 0 Å². The zero-order chi connectivity index (χ0) is 27.3. The smallest absolute Gasteiger partial charge is 1.00 e. The van der Waals surface area contributed by atoms with Crippen molar-refractivity contribution in [2.45, 2.75) is 169 Å². The molecule has 0 aliphatic heterocycles. The first-order valence-corrected chi connectivity index (χ1v) is 18.7. The minimum absolute atomic E-state index is 0. The summed E-state index contributed by atoms with van der Waals surface area (Å²) in [6, 6.07) is 8.72. The number of rotatable bonds is 19. The summed E-state index contributed by atoms with van der Waals surface area (Å²) >= 11 is 0. The van der Waals surface area contributed by atoms with E-state index in [0.29, 0.717) is 0 Å². The molecule has 0 amide bonds. The molecule has 0 saturated heterocycles. The fourth-order valence-electron chi connectivity index (χ4n) is 6.77. The minimum atomic E-state index is -1.82. The molecule has 0 bridgehead atoms. The van der Waals surface area contributed by atoms with Crippen molar-refractivity contribution in [2.24, 2.45) is 0 Å². The van der Waals surface area contributed by atoms with Gasteiger partial charge in [-0.05, 0) is 13.8 Å². The Labute approximate surface area is 291 Å². The van der Waals surface area contributed by atoms with Crippen molar-refractivity contribution < 1.29 is 58.9 Å². The van der Waals surface area contributed by atoms with E-state index in [-0.39, 0.29) is 64.0 Å². The normalized spacial score (nSPS) is 17.5. The molecule has 0 spiro atoms. The predicted molar refractivity (Wildman–Crippen MR) is 171 cm³/mol. The van der Waals surface area contributed by atoms with Gasteiger partial charge in [0.1, 0.15) is 0 Å². The van der Waals surface area contributed by atoms with Crippen LogP contribution in [0.3, 0.4) is 0 Å². The Morgan fingerprint density at radius 1 is 0.610 bits per heavy atom. The van der Waals surface area contributed by atoms with Crippen molar-refractivity contribution in [1.29, 1.82) is 0 Å². The number of aryl methyl sites for hydroxylation is 2. The monoisotopic (exact) mass is 674 g/mol. The Balaban J connectivity index is -0.00000361. The van der Waals surface area contributed by atoms with E-state index in [0.717, 1.165) is 0 Å². The van der Waals surface area contributed by atoms with Gasteiger partial charge in [-0.25, -0.2) is 5.57 Å². The van der Waals surface area contributed by atoms with Gasteiger partial charge < -0.3 is 37.2 Å². The van der Waals surface area contributed by atoms with Crippen LogP contribution in [0.25, 0.3) is 0 Å². The van der Waals surface area contributed by atoms with E-state index in [2.05, 4.69) is 79.3 Å². The molecule has 0 heterocycles. The van der Waals surface area contributed by atoms with Crippen LogP contribution in [-0.4, -0.2) is 8.07 Å². The van der Waals surface area contributed by atoms with Crippen molar-refractivity contribution in [3.8, 4) is 0 Å². The average Bonchev–Trinajstić information content (AvgIpc) is 3.06. The van der Waals surface area contributed by atoms with Crippen LogP contribution in [0, 0.1) is 19.9 Å². The van der Waals surface area contributed by atoms with E-state index in [4.69, 9.17) is 0 Å². The fourth-order valence-corrected chi connectivity index (χ4v) is 11.7. The molecule has 1 aromatic rings. The van der Waals surface area contributed by atoms with Crippen LogP contribution in [0.1, 0.15) is 148 Å². The van der Waals surface area contributed by atoms with Gasteiger partial charge in [0, 0.05) is 0 Å². The third-order valence-electron chi connectivity index (χ3n) is 9.81. The van der Waals surface area contributed by atoms with E-state index in [1.807, 2.05) is 0 Å². The summed E-state index contributed by atoms with van der Waals surface area (Å²) in [5.41, 5.74) is 7.28. The Bertz CT molecular complexity index is 877. The van der Waals surface area contributed by atoms with Crippen molar-refractivity contribution in [3.05, 3.63) is 52.1 Å². The second-order valence-corrected chi connectivity index (χ2v) is 17.6. The van der Waals surface area contributed by atoms with Crippen molar-refractivity contribution >= 4 is 13.3 Å². The van der Waals surface area contributed by atoms with Gasteiger partial charge in [0.15, 0.2) is 0 Å². The molecule has 0 fully saturated rings. The zero-order valence-electron chi connectivity index (χ0n) is 27.9. The molecule has 234 valence electrons. The Hall–Kier alpha value is 0.501. The third-order valence-corrected chi connectivity index (χ3v) is 15.4. The quantitative estimate of drug-likeness (QED) is 0.120. The first-order valence-electron chi connectivity index (χ1n) is 16.0. The van der Waals surface area contributed by atoms with E-state index in [1.54, 1.807) is 10.8 Å². The summed E-state index contributed by atoms with van der Waals surface area (Å²) in [7, 11) is -1.82. The van der Waals surface area contributed by atoms with E-state index in [9.17, 15) is 0 Å². The molecular weight excluding hydrogens is 615 g/mol. The van der Waals surface area contributed by atoms with Gasteiger partial charge in [0.25, 0.3) is 0 Å². The molecule has 1 aliphatic carbocycles. The summed E-state index contributed by atoms with van der Waals surface area (Å²) < 4.78 is 0. The molecule has 2 atom stereocenters. The molecule has 2 rings (SSSR count). The molecule has 0 radical (unpaired) electrons. The molecule has 0 aromatic heterocycles. The Morgan fingerprint density at radius 2 is 0.976 bits per heavy atom. The number of benzene rings is 1. The molecule has 1 aromatic carbocycles. The topological polar surface area (TPSA) is 0 Å². The summed E-state index contributed by atoms with van der Waals surface area (Å²) in [6.45, 7) is 19.0. The fraction of sp³-hybridized carbons (Fsp3) is 0.722. The molecule has 41 heavy (non-hydrogen) atoms. The average molecular weight is 676 g/mol. The van der Waals surface area contributed by atoms with E-state index < -0.39 is 8.07 Å². The largest absolute Gasteiger partial charge is 4.00 e. The third kappa shape index (κ3) is 14.0. The van der Waals surface area contributed by atoms with Gasteiger partial charge in [-0.2, -0.15) is 11.1 Å². The molecule has 0 saturated carbocycles.